The smallest absolute Gasteiger partial charge is 0.00259 e. The summed E-state index contributed by atoms with van der Waals surface area (Å²) in [6.45, 7) is 2.16. The van der Waals surface area contributed by atoms with E-state index in [-0.39, 0.29) is 0 Å². The molecule has 0 heterocycles. The van der Waals surface area contributed by atoms with Crippen LogP contribution in [-0.4, -0.2) is 0 Å². The van der Waals surface area contributed by atoms with Crippen molar-refractivity contribution in [1.29, 1.82) is 0 Å². The van der Waals surface area contributed by atoms with E-state index in [0.717, 1.165) is 0 Å². The van der Waals surface area contributed by atoms with Crippen molar-refractivity contribution in [2.24, 2.45) is 0 Å². The largest absolute Gasteiger partial charge is 0.0616 e. The van der Waals surface area contributed by atoms with E-state index in [1.165, 1.54) is 82.0 Å². The van der Waals surface area contributed by atoms with Gasteiger partial charge >= 0.3 is 0 Å². The Balaban J connectivity index is 1.51. The fraction of sp³-hybridized carbons (Fsp3) is 0.0244. The van der Waals surface area contributed by atoms with E-state index in [1.807, 2.05) is 0 Å². The van der Waals surface area contributed by atoms with Crippen molar-refractivity contribution in [2.45, 2.75) is 6.92 Å². The summed E-state index contributed by atoms with van der Waals surface area (Å²) in [4.78, 5) is 0. The van der Waals surface area contributed by atoms with Crippen LogP contribution in [-0.2, 0) is 0 Å². The molecule has 8 aromatic carbocycles. The Morgan fingerprint density at radius 1 is 0.293 bits per heavy atom. The van der Waals surface area contributed by atoms with Crippen molar-refractivity contribution in [1.82, 2.24) is 0 Å². The molecule has 0 heteroatoms. The third-order valence-electron chi connectivity index (χ3n) is 8.45. The van der Waals surface area contributed by atoms with Gasteiger partial charge in [0.15, 0.2) is 0 Å². The molecule has 0 atom stereocenters. The summed E-state index contributed by atoms with van der Waals surface area (Å²) >= 11 is 0. The Morgan fingerprint density at radius 2 is 0.780 bits per heavy atom. The average molecular weight is 521 g/mol. The second-order valence-electron chi connectivity index (χ2n) is 11.0. The minimum atomic E-state index is 1.24. The SMILES string of the molecule is Cc1cccc(-c2ccc3c(-c4ccc5ccccc5c4)c4ccccc4c(-c4ccc5ccccc5c4)c3c2)c1. The predicted octanol–water partition coefficient (Wildman–Crippen LogP) is 11.6. The van der Waals surface area contributed by atoms with Crippen LogP contribution in [0, 0.1) is 6.92 Å². The van der Waals surface area contributed by atoms with Gasteiger partial charge in [-0.25, -0.2) is 0 Å². The fourth-order valence-corrected chi connectivity index (χ4v) is 6.49. The van der Waals surface area contributed by atoms with Gasteiger partial charge in [-0.15, -0.1) is 0 Å². The van der Waals surface area contributed by atoms with Gasteiger partial charge < -0.3 is 0 Å². The topological polar surface area (TPSA) is 0 Å². The van der Waals surface area contributed by atoms with Crippen LogP contribution in [0.2, 0.25) is 0 Å². The third-order valence-corrected chi connectivity index (χ3v) is 8.45. The highest BCUT2D eigenvalue weighted by Crippen LogP contribution is 2.45. The second-order valence-corrected chi connectivity index (χ2v) is 11.0. The summed E-state index contributed by atoms with van der Waals surface area (Å²) in [5.74, 6) is 0. The Hall–Kier alpha value is -5.20. The highest BCUT2D eigenvalue weighted by atomic mass is 14.2. The van der Waals surface area contributed by atoms with Crippen molar-refractivity contribution < 1.29 is 0 Å². The van der Waals surface area contributed by atoms with E-state index in [0.29, 0.717) is 0 Å². The van der Waals surface area contributed by atoms with Crippen molar-refractivity contribution in [3.8, 4) is 33.4 Å². The van der Waals surface area contributed by atoms with Crippen molar-refractivity contribution in [3.63, 3.8) is 0 Å². The molecule has 0 nitrogen and oxygen atoms in total. The van der Waals surface area contributed by atoms with E-state index in [1.54, 1.807) is 0 Å². The summed E-state index contributed by atoms with van der Waals surface area (Å²) in [6.07, 6.45) is 0. The second kappa shape index (κ2) is 9.47. The van der Waals surface area contributed by atoms with Gasteiger partial charge in [-0.2, -0.15) is 0 Å². The maximum Gasteiger partial charge on any atom is -0.00259 e. The zero-order valence-corrected chi connectivity index (χ0v) is 22.9. The fourth-order valence-electron chi connectivity index (χ4n) is 6.49. The lowest BCUT2D eigenvalue weighted by Crippen LogP contribution is -1.92. The summed E-state index contributed by atoms with van der Waals surface area (Å²) in [5.41, 5.74) is 8.84. The molecule has 8 aromatic rings. The standard InChI is InChI=1S/C41H28/c1-27-9-8-14-30(23-27)33-21-22-38-39(26-33)41(35-20-18-29-11-3-5-13-32(29)25-35)37-16-7-6-15-36(37)40(38)34-19-17-28-10-2-4-12-31(28)24-34/h2-26H,1H3. The Bertz CT molecular complexity index is 2270. The molecule has 8 rings (SSSR count). The van der Waals surface area contributed by atoms with Crippen LogP contribution in [0.1, 0.15) is 5.56 Å². The van der Waals surface area contributed by atoms with Gasteiger partial charge in [-0.3, -0.25) is 0 Å². The molecule has 0 radical (unpaired) electrons. The molecule has 0 aromatic heterocycles. The minimum Gasteiger partial charge on any atom is -0.0616 e. The maximum atomic E-state index is 2.41. The summed E-state index contributed by atoms with van der Waals surface area (Å²) in [6, 6.07) is 55.8. The highest BCUT2D eigenvalue weighted by Gasteiger charge is 2.18. The maximum absolute atomic E-state index is 2.41. The number of rotatable bonds is 3. The Kier molecular flexibility index (Phi) is 5.47. The summed E-state index contributed by atoms with van der Waals surface area (Å²) in [7, 11) is 0. The van der Waals surface area contributed by atoms with Gasteiger partial charge in [-0.1, -0.05) is 139 Å². The zero-order chi connectivity index (χ0) is 27.3. The van der Waals surface area contributed by atoms with Crippen LogP contribution < -0.4 is 0 Å². The van der Waals surface area contributed by atoms with Gasteiger partial charge in [0.2, 0.25) is 0 Å². The van der Waals surface area contributed by atoms with Crippen molar-refractivity contribution in [2.75, 3.05) is 0 Å². The summed E-state index contributed by atoms with van der Waals surface area (Å²) < 4.78 is 0. The molecule has 0 aliphatic rings. The molecule has 41 heavy (non-hydrogen) atoms. The lowest BCUT2D eigenvalue weighted by Gasteiger charge is -2.19. The molecular formula is C41H28. The molecule has 0 saturated carbocycles. The molecule has 0 fully saturated rings. The van der Waals surface area contributed by atoms with Crippen LogP contribution in [0.25, 0.3) is 76.5 Å². The minimum absolute atomic E-state index is 1.24. The number of hydrogen-bond acceptors (Lipinski definition) is 0. The van der Waals surface area contributed by atoms with Gasteiger partial charge in [0.1, 0.15) is 0 Å². The highest BCUT2D eigenvalue weighted by molar-refractivity contribution is 6.22. The quantitative estimate of drug-likeness (QED) is 0.203. The molecule has 192 valence electrons. The number of benzene rings is 8. The molecule has 0 amide bonds. The van der Waals surface area contributed by atoms with Gasteiger partial charge in [0, 0.05) is 0 Å². The Morgan fingerprint density at radius 3 is 1.39 bits per heavy atom. The molecule has 0 N–H and O–H groups in total. The monoisotopic (exact) mass is 520 g/mol. The predicted molar refractivity (Wildman–Crippen MR) is 178 cm³/mol. The van der Waals surface area contributed by atoms with E-state index in [4.69, 9.17) is 0 Å². The first kappa shape index (κ1) is 23.7. The normalized spacial score (nSPS) is 11.5. The molecule has 0 unspecified atom stereocenters. The van der Waals surface area contributed by atoms with Gasteiger partial charge in [0.05, 0.1) is 0 Å². The number of aryl methyl sites for hydroxylation is 1. The van der Waals surface area contributed by atoms with Crippen LogP contribution >= 0.6 is 0 Å². The first-order chi connectivity index (χ1) is 20.2. The van der Waals surface area contributed by atoms with E-state index in [9.17, 15) is 0 Å². The van der Waals surface area contributed by atoms with E-state index in [2.05, 4.69) is 159 Å². The molecule has 0 spiro atoms. The zero-order valence-electron chi connectivity index (χ0n) is 22.9. The van der Waals surface area contributed by atoms with Crippen LogP contribution in [0.3, 0.4) is 0 Å². The van der Waals surface area contributed by atoms with E-state index < -0.39 is 0 Å². The first-order valence-electron chi connectivity index (χ1n) is 14.3. The van der Waals surface area contributed by atoms with Gasteiger partial charge in [-0.05, 0) is 102 Å². The lowest BCUT2D eigenvalue weighted by molar-refractivity contribution is 1.47. The van der Waals surface area contributed by atoms with Crippen molar-refractivity contribution >= 4 is 43.1 Å². The Labute approximate surface area is 240 Å². The van der Waals surface area contributed by atoms with Gasteiger partial charge in [0.25, 0.3) is 0 Å². The molecule has 0 aliphatic heterocycles. The number of hydrogen-bond donors (Lipinski definition) is 0. The summed E-state index contributed by atoms with van der Waals surface area (Å²) in [5, 5.41) is 10.2. The molecule has 0 aliphatic carbocycles. The third kappa shape index (κ3) is 4.00. The number of fused-ring (bicyclic) bond motifs is 4. The molecule has 0 bridgehead atoms. The lowest BCUT2D eigenvalue weighted by atomic mass is 9.84. The van der Waals surface area contributed by atoms with E-state index >= 15 is 0 Å². The van der Waals surface area contributed by atoms with Crippen LogP contribution in [0.5, 0.6) is 0 Å². The average Bonchev–Trinajstić information content (AvgIpc) is 3.03. The first-order valence-corrected chi connectivity index (χ1v) is 14.3. The van der Waals surface area contributed by atoms with Crippen LogP contribution in [0.4, 0.5) is 0 Å². The molecular weight excluding hydrogens is 492 g/mol. The van der Waals surface area contributed by atoms with Crippen molar-refractivity contribution in [3.05, 3.63) is 157 Å². The van der Waals surface area contributed by atoms with Crippen LogP contribution in [0.15, 0.2) is 152 Å². The molecule has 0 saturated heterocycles.